The predicted molar refractivity (Wildman–Crippen MR) is 70.2 cm³/mol. The molecule has 0 aliphatic heterocycles. The third kappa shape index (κ3) is 2.81. The molecule has 1 aromatic carbocycles. The normalized spacial score (nSPS) is 10.9. The van der Waals surface area contributed by atoms with Gasteiger partial charge in [-0.05, 0) is 24.6 Å². The Morgan fingerprint density at radius 2 is 2.06 bits per heavy atom. The van der Waals surface area contributed by atoms with Gasteiger partial charge in [-0.2, -0.15) is 5.26 Å². The molecule has 0 fully saturated rings. The predicted octanol–water partition coefficient (Wildman–Crippen LogP) is 1.77. The Kier molecular flexibility index (Phi) is 4.03. The van der Waals surface area contributed by atoms with Crippen molar-refractivity contribution in [3.63, 3.8) is 0 Å². The van der Waals surface area contributed by atoms with Gasteiger partial charge >= 0.3 is 0 Å². The first-order valence-corrected chi connectivity index (χ1v) is 5.35. The van der Waals surface area contributed by atoms with Crippen molar-refractivity contribution < 1.29 is 0 Å². The number of nitriles is 1. The third-order valence-electron chi connectivity index (χ3n) is 2.02. The standard InChI is InChI=1S/C10H13N5S/c1-6-3-7(12)8(13)4-9(6)15-10(14-2)16-5-11/h3-4H,12-13H2,1-2H3,(H,14,15). The number of rotatable bonds is 1. The number of nitrogen functional groups attached to an aromatic ring is 2. The molecule has 16 heavy (non-hydrogen) atoms. The van der Waals surface area contributed by atoms with Crippen molar-refractivity contribution in [3.05, 3.63) is 17.7 Å². The summed E-state index contributed by atoms with van der Waals surface area (Å²) in [7, 11) is 1.61. The molecule has 1 rings (SSSR count). The van der Waals surface area contributed by atoms with Crippen LogP contribution in [0.3, 0.4) is 0 Å². The average Bonchev–Trinajstić information content (AvgIpc) is 2.25. The SMILES string of the molecule is C/N=C(/Nc1cc(N)c(N)cc1C)SC#N. The molecule has 0 unspecified atom stereocenters. The molecule has 1 aromatic rings. The zero-order valence-electron chi connectivity index (χ0n) is 9.11. The Labute approximate surface area is 98.5 Å². The summed E-state index contributed by atoms with van der Waals surface area (Å²) in [6.07, 6.45) is 0. The van der Waals surface area contributed by atoms with Crippen LogP contribution in [0, 0.1) is 17.6 Å². The molecular formula is C10H13N5S. The van der Waals surface area contributed by atoms with Gasteiger partial charge in [0.15, 0.2) is 5.17 Å². The summed E-state index contributed by atoms with van der Waals surface area (Å²) in [5.41, 5.74) is 14.2. The number of anilines is 3. The van der Waals surface area contributed by atoms with Crippen molar-refractivity contribution in [2.24, 2.45) is 4.99 Å². The summed E-state index contributed by atoms with van der Waals surface area (Å²) in [6.45, 7) is 1.91. The maximum absolute atomic E-state index is 8.56. The fourth-order valence-corrected chi connectivity index (χ4v) is 1.51. The van der Waals surface area contributed by atoms with E-state index in [1.54, 1.807) is 19.2 Å². The van der Waals surface area contributed by atoms with E-state index >= 15 is 0 Å². The zero-order valence-corrected chi connectivity index (χ0v) is 9.93. The largest absolute Gasteiger partial charge is 0.397 e. The molecule has 0 atom stereocenters. The highest BCUT2D eigenvalue weighted by molar-refractivity contribution is 8.18. The lowest BCUT2D eigenvalue weighted by Gasteiger charge is -2.11. The number of nitrogens with zero attached hydrogens (tertiary/aromatic N) is 2. The fraction of sp³-hybridized carbons (Fsp3) is 0.200. The van der Waals surface area contributed by atoms with Crippen LogP contribution >= 0.6 is 11.8 Å². The first kappa shape index (κ1) is 12.2. The van der Waals surface area contributed by atoms with E-state index in [0.717, 1.165) is 23.0 Å². The molecule has 0 heterocycles. The quantitative estimate of drug-likeness (QED) is 0.298. The highest BCUT2D eigenvalue weighted by Gasteiger charge is 2.05. The second kappa shape index (κ2) is 5.28. The Morgan fingerprint density at radius 1 is 1.44 bits per heavy atom. The van der Waals surface area contributed by atoms with E-state index < -0.39 is 0 Å². The summed E-state index contributed by atoms with van der Waals surface area (Å²) in [5.74, 6) is 0. The molecule has 5 N–H and O–H groups in total. The van der Waals surface area contributed by atoms with E-state index in [0.29, 0.717) is 16.5 Å². The first-order valence-electron chi connectivity index (χ1n) is 4.53. The third-order valence-corrected chi connectivity index (χ3v) is 2.59. The Morgan fingerprint density at radius 3 is 2.62 bits per heavy atom. The highest BCUT2D eigenvalue weighted by atomic mass is 32.2. The van der Waals surface area contributed by atoms with Gasteiger partial charge in [0.1, 0.15) is 5.40 Å². The molecule has 6 heteroatoms. The number of aliphatic imine (C=N–C) groups is 1. The van der Waals surface area contributed by atoms with Crippen LogP contribution in [0.5, 0.6) is 0 Å². The number of benzene rings is 1. The first-order chi connectivity index (χ1) is 7.58. The number of hydrogen-bond donors (Lipinski definition) is 3. The van der Waals surface area contributed by atoms with Gasteiger partial charge in [-0.1, -0.05) is 0 Å². The van der Waals surface area contributed by atoms with Crippen LogP contribution in [-0.2, 0) is 0 Å². The van der Waals surface area contributed by atoms with E-state index in [9.17, 15) is 0 Å². The number of amidine groups is 1. The molecule has 0 radical (unpaired) electrons. The van der Waals surface area contributed by atoms with Crippen molar-refractivity contribution in [2.75, 3.05) is 23.8 Å². The van der Waals surface area contributed by atoms with Crippen molar-refractivity contribution in [1.29, 1.82) is 5.26 Å². The Bertz CT molecular complexity index is 461. The van der Waals surface area contributed by atoms with Gasteiger partial charge in [0.05, 0.1) is 11.4 Å². The van der Waals surface area contributed by atoms with Crippen molar-refractivity contribution in [1.82, 2.24) is 0 Å². The van der Waals surface area contributed by atoms with Gasteiger partial charge in [-0.25, -0.2) is 0 Å². The second-order valence-electron chi connectivity index (χ2n) is 3.14. The lowest BCUT2D eigenvalue weighted by Crippen LogP contribution is -2.09. The molecule has 0 spiro atoms. The number of thiocyanates is 1. The number of aryl methyl sites for hydroxylation is 1. The molecule has 0 saturated carbocycles. The van der Waals surface area contributed by atoms with E-state index in [2.05, 4.69) is 10.3 Å². The van der Waals surface area contributed by atoms with E-state index in [-0.39, 0.29) is 0 Å². The monoisotopic (exact) mass is 235 g/mol. The number of nitrogens with one attached hydrogen (secondary N) is 1. The van der Waals surface area contributed by atoms with Crippen LogP contribution in [0.4, 0.5) is 17.1 Å². The van der Waals surface area contributed by atoms with Crippen LogP contribution in [0.15, 0.2) is 17.1 Å². The summed E-state index contributed by atoms with van der Waals surface area (Å²) in [5, 5.41) is 14.1. The fourth-order valence-electron chi connectivity index (χ4n) is 1.17. The maximum atomic E-state index is 8.56. The summed E-state index contributed by atoms with van der Waals surface area (Å²) < 4.78 is 0. The van der Waals surface area contributed by atoms with Crippen LogP contribution in [0.2, 0.25) is 0 Å². The topological polar surface area (TPSA) is 100 Å². The minimum absolute atomic E-state index is 0.505. The van der Waals surface area contributed by atoms with Crippen LogP contribution < -0.4 is 16.8 Å². The molecule has 0 amide bonds. The molecule has 84 valence electrons. The van der Waals surface area contributed by atoms with Gasteiger partial charge in [-0.3, -0.25) is 4.99 Å². The second-order valence-corrected chi connectivity index (χ2v) is 3.92. The Hall–Kier alpha value is -1.87. The number of thioether (sulfide) groups is 1. The van der Waals surface area contributed by atoms with Gasteiger partial charge < -0.3 is 16.8 Å². The molecule has 0 aliphatic rings. The molecule has 0 bridgehead atoms. The van der Waals surface area contributed by atoms with Gasteiger partial charge in [0, 0.05) is 24.5 Å². The minimum atomic E-state index is 0.505. The summed E-state index contributed by atoms with van der Waals surface area (Å²) >= 11 is 0.962. The molecular weight excluding hydrogens is 222 g/mol. The van der Waals surface area contributed by atoms with E-state index in [4.69, 9.17) is 16.7 Å². The molecule has 0 aromatic heterocycles. The lowest BCUT2D eigenvalue weighted by molar-refractivity contribution is 1.42. The van der Waals surface area contributed by atoms with Crippen LogP contribution in [0.1, 0.15) is 5.56 Å². The van der Waals surface area contributed by atoms with E-state index in [1.807, 2.05) is 12.3 Å². The smallest absolute Gasteiger partial charge is 0.175 e. The van der Waals surface area contributed by atoms with E-state index in [1.165, 1.54) is 0 Å². The molecule has 0 aliphatic carbocycles. The van der Waals surface area contributed by atoms with Gasteiger partial charge in [0.25, 0.3) is 0 Å². The molecule has 5 nitrogen and oxygen atoms in total. The summed E-state index contributed by atoms with van der Waals surface area (Å²) in [4.78, 5) is 3.94. The number of nitrogens with two attached hydrogens (primary N) is 2. The maximum Gasteiger partial charge on any atom is 0.175 e. The van der Waals surface area contributed by atoms with Crippen molar-refractivity contribution >= 4 is 34.0 Å². The zero-order chi connectivity index (χ0) is 12.1. The lowest BCUT2D eigenvalue weighted by atomic mass is 10.1. The van der Waals surface area contributed by atoms with Gasteiger partial charge in [-0.15, -0.1) is 0 Å². The van der Waals surface area contributed by atoms with Crippen molar-refractivity contribution in [2.45, 2.75) is 6.92 Å². The highest BCUT2D eigenvalue weighted by Crippen LogP contribution is 2.25. The minimum Gasteiger partial charge on any atom is -0.397 e. The van der Waals surface area contributed by atoms with Crippen molar-refractivity contribution in [3.8, 4) is 5.40 Å². The van der Waals surface area contributed by atoms with Crippen LogP contribution in [0.25, 0.3) is 0 Å². The van der Waals surface area contributed by atoms with Crippen LogP contribution in [-0.4, -0.2) is 12.2 Å². The average molecular weight is 235 g/mol. The molecule has 0 saturated heterocycles. The number of hydrogen-bond acceptors (Lipinski definition) is 5. The Balaban J connectivity index is 2.98. The van der Waals surface area contributed by atoms with Gasteiger partial charge in [0.2, 0.25) is 0 Å². The summed E-state index contributed by atoms with van der Waals surface area (Å²) in [6, 6.07) is 3.51.